The summed E-state index contributed by atoms with van der Waals surface area (Å²) >= 11 is 0. The maximum Gasteiger partial charge on any atom is 0.321 e. The van der Waals surface area contributed by atoms with Gasteiger partial charge in [-0.2, -0.15) is 4.72 Å². The van der Waals surface area contributed by atoms with E-state index in [2.05, 4.69) is 0 Å². The number of methoxy groups -OCH3 is 1. The summed E-state index contributed by atoms with van der Waals surface area (Å²) in [4.78, 5) is 10.7. The van der Waals surface area contributed by atoms with Crippen LogP contribution in [0.4, 0.5) is 4.39 Å². The number of benzene rings is 1. The molecule has 0 saturated heterocycles. The third-order valence-electron chi connectivity index (χ3n) is 2.36. The number of rotatable bonds is 7. The molecule has 0 bridgehead atoms. The van der Waals surface area contributed by atoms with Gasteiger partial charge in [-0.25, -0.2) is 8.42 Å². The molecule has 6 nitrogen and oxygen atoms in total. The third-order valence-corrected chi connectivity index (χ3v) is 3.85. The fourth-order valence-corrected chi connectivity index (χ4v) is 2.58. The van der Waals surface area contributed by atoms with Crippen LogP contribution in [0, 0.1) is 0 Å². The first-order valence-corrected chi connectivity index (χ1v) is 6.84. The zero-order chi connectivity index (χ0) is 14.5. The van der Waals surface area contributed by atoms with Crippen molar-refractivity contribution >= 4 is 16.0 Å². The summed E-state index contributed by atoms with van der Waals surface area (Å²) in [7, 11) is -2.57. The molecular weight excluding hydrogens is 277 g/mol. The highest BCUT2D eigenvalue weighted by Gasteiger charge is 2.25. The molecule has 0 saturated carbocycles. The lowest BCUT2D eigenvalue weighted by Crippen LogP contribution is -2.41. The summed E-state index contributed by atoms with van der Waals surface area (Å²) in [5.41, 5.74) is 0. The molecule has 0 spiro atoms. The van der Waals surface area contributed by atoms with Crippen LogP contribution in [0.3, 0.4) is 0 Å². The van der Waals surface area contributed by atoms with Crippen LogP contribution in [0.5, 0.6) is 5.75 Å². The van der Waals surface area contributed by atoms with E-state index in [4.69, 9.17) is 9.84 Å². The number of carbonyl (C=O) groups is 1. The Bertz CT molecular complexity index is 529. The molecule has 2 N–H and O–H groups in total. The lowest BCUT2D eigenvalue weighted by Gasteiger charge is -2.13. The van der Waals surface area contributed by atoms with Gasteiger partial charge in [0.25, 0.3) is 0 Å². The first-order valence-electron chi connectivity index (χ1n) is 5.36. The second-order valence-electron chi connectivity index (χ2n) is 3.67. The van der Waals surface area contributed by atoms with Crippen molar-refractivity contribution in [1.82, 2.24) is 4.72 Å². The van der Waals surface area contributed by atoms with Gasteiger partial charge < -0.3 is 9.84 Å². The first-order chi connectivity index (χ1) is 8.90. The minimum absolute atomic E-state index is 0.113. The van der Waals surface area contributed by atoms with Gasteiger partial charge in [0, 0.05) is 6.42 Å². The van der Waals surface area contributed by atoms with Gasteiger partial charge in [-0.05, 0) is 24.3 Å². The van der Waals surface area contributed by atoms with Crippen LogP contribution in [0.1, 0.15) is 6.42 Å². The number of halogens is 1. The molecule has 0 fully saturated rings. The maximum atomic E-state index is 12.2. The van der Waals surface area contributed by atoms with Gasteiger partial charge >= 0.3 is 5.97 Å². The van der Waals surface area contributed by atoms with E-state index in [1.807, 2.05) is 4.72 Å². The predicted molar refractivity (Wildman–Crippen MR) is 65.3 cm³/mol. The Kier molecular flexibility index (Phi) is 5.25. The molecule has 0 aliphatic rings. The van der Waals surface area contributed by atoms with Crippen LogP contribution in [0.15, 0.2) is 29.2 Å². The van der Waals surface area contributed by atoms with E-state index in [1.165, 1.54) is 31.4 Å². The van der Waals surface area contributed by atoms with Crippen LogP contribution >= 0.6 is 0 Å². The average molecular weight is 291 g/mol. The van der Waals surface area contributed by atoms with Gasteiger partial charge in [-0.1, -0.05) is 0 Å². The number of carboxylic acid groups (broad SMARTS) is 1. The van der Waals surface area contributed by atoms with E-state index in [9.17, 15) is 17.6 Å². The molecule has 1 aromatic carbocycles. The van der Waals surface area contributed by atoms with Crippen molar-refractivity contribution < 1.29 is 27.4 Å². The molecule has 0 aliphatic heterocycles. The SMILES string of the molecule is COc1ccc(S(=O)(=O)NC(CCF)C(=O)O)cc1. The van der Waals surface area contributed by atoms with Crippen molar-refractivity contribution in [2.24, 2.45) is 0 Å². The van der Waals surface area contributed by atoms with E-state index >= 15 is 0 Å². The molecule has 1 unspecified atom stereocenters. The summed E-state index contributed by atoms with van der Waals surface area (Å²) in [6, 6.07) is 3.92. The number of hydrogen-bond acceptors (Lipinski definition) is 4. The molecule has 1 aromatic rings. The molecule has 0 aliphatic carbocycles. The Labute approximate surface area is 110 Å². The summed E-state index contributed by atoms with van der Waals surface area (Å²) < 4.78 is 42.8. The van der Waals surface area contributed by atoms with Gasteiger partial charge in [0.05, 0.1) is 18.7 Å². The van der Waals surface area contributed by atoms with Gasteiger partial charge in [-0.3, -0.25) is 9.18 Å². The van der Waals surface area contributed by atoms with Crippen LogP contribution < -0.4 is 9.46 Å². The lowest BCUT2D eigenvalue weighted by molar-refractivity contribution is -0.139. The molecule has 0 aromatic heterocycles. The van der Waals surface area contributed by atoms with Crippen molar-refractivity contribution in [3.05, 3.63) is 24.3 Å². The number of aliphatic carboxylic acids is 1. The Morgan fingerprint density at radius 2 is 2.00 bits per heavy atom. The second-order valence-corrected chi connectivity index (χ2v) is 5.38. The smallest absolute Gasteiger partial charge is 0.321 e. The maximum absolute atomic E-state index is 12.2. The van der Waals surface area contributed by atoms with E-state index in [1.54, 1.807) is 0 Å². The average Bonchev–Trinajstić information content (AvgIpc) is 2.38. The van der Waals surface area contributed by atoms with Crippen molar-refractivity contribution in [2.45, 2.75) is 17.4 Å². The third kappa shape index (κ3) is 4.18. The topological polar surface area (TPSA) is 92.7 Å². The fourth-order valence-electron chi connectivity index (χ4n) is 1.35. The molecule has 0 heterocycles. The molecule has 0 amide bonds. The highest BCUT2D eigenvalue weighted by molar-refractivity contribution is 7.89. The molecule has 1 rings (SSSR count). The summed E-state index contributed by atoms with van der Waals surface area (Å²) in [6.45, 7) is -0.928. The van der Waals surface area contributed by atoms with Gasteiger partial charge in [0.1, 0.15) is 11.8 Å². The number of carboxylic acids is 1. The predicted octanol–water partition coefficient (Wildman–Crippen LogP) is 0.786. The Balaban J connectivity index is 2.92. The van der Waals surface area contributed by atoms with Crippen molar-refractivity contribution in [2.75, 3.05) is 13.8 Å². The minimum atomic E-state index is -4.00. The number of sulfonamides is 1. The Morgan fingerprint density at radius 1 is 1.42 bits per heavy atom. The van der Waals surface area contributed by atoms with E-state index in [-0.39, 0.29) is 4.90 Å². The summed E-state index contributed by atoms with van der Waals surface area (Å²) in [6.07, 6.45) is -0.426. The molecule has 0 radical (unpaired) electrons. The fraction of sp³-hybridized carbons (Fsp3) is 0.364. The number of hydrogen-bond donors (Lipinski definition) is 2. The molecule has 19 heavy (non-hydrogen) atoms. The quantitative estimate of drug-likeness (QED) is 0.774. The van der Waals surface area contributed by atoms with Gasteiger partial charge in [-0.15, -0.1) is 0 Å². The molecular formula is C11H14FNO5S. The van der Waals surface area contributed by atoms with E-state index < -0.39 is 35.1 Å². The zero-order valence-corrected chi connectivity index (χ0v) is 11.0. The zero-order valence-electron chi connectivity index (χ0n) is 10.2. The van der Waals surface area contributed by atoms with Crippen molar-refractivity contribution in [3.8, 4) is 5.75 Å². The highest BCUT2D eigenvalue weighted by atomic mass is 32.2. The molecule has 8 heteroatoms. The number of nitrogens with one attached hydrogen (secondary N) is 1. The normalized spacial score (nSPS) is 12.9. The standard InChI is InChI=1S/C11H14FNO5S/c1-18-8-2-4-9(5-3-8)19(16,17)13-10(6-7-12)11(14)15/h2-5,10,13H,6-7H2,1H3,(H,14,15). The first kappa shape index (κ1) is 15.4. The number of alkyl halides is 1. The van der Waals surface area contributed by atoms with Crippen LogP contribution in [0.2, 0.25) is 0 Å². The van der Waals surface area contributed by atoms with Crippen molar-refractivity contribution in [1.29, 1.82) is 0 Å². The van der Waals surface area contributed by atoms with E-state index in [0.29, 0.717) is 5.75 Å². The van der Waals surface area contributed by atoms with Gasteiger partial charge in [0.15, 0.2) is 0 Å². The van der Waals surface area contributed by atoms with Crippen LogP contribution in [-0.2, 0) is 14.8 Å². The molecule has 106 valence electrons. The van der Waals surface area contributed by atoms with Gasteiger partial charge in [0.2, 0.25) is 10.0 Å². The molecule has 1 atom stereocenters. The second kappa shape index (κ2) is 6.48. The summed E-state index contributed by atoms with van der Waals surface area (Å²) in [5.74, 6) is -0.952. The number of ether oxygens (including phenoxy) is 1. The lowest BCUT2D eigenvalue weighted by atomic mass is 10.2. The minimum Gasteiger partial charge on any atom is -0.497 e. The van der Waals surface area contributed by atoms with Crippen LogP contribution in [-0.4, -0.2) is 39.3 Å². The largest absolute Gasteiger partial charge is 0.497 e. The van der Waals surface area contributed by atoms with Crippen LogP contribution in [0.25, 0.3) is 0 Å². The Morgan fingerprint density at radius 3 is 2.42 bits per heavy atom. The monoisotopic (exact) mass is 291 g/mol. The highest BCUT2D eigenvalue weighted by Crippen LogP contribution is 2.16. The van der Waals surface area contributed by atoms with E-state index in [0.717, 1.165) is 0 Å². The van der Waals surface area contributed by atoms with Crippen molar-refractivity contribution in [3.63, 3.8) is 0 Å². The summed E-state index contributed by atoms with van der Waals surface area (Å²) in [5, 5.41) is 8.78. The Hall–Kier alpha value is -1.67.